The molecule has 18 heavy (non-hydrogen) atoms. The van der Waals surface area contributed by atoms with Crippen molar-refractivity contribution in [3.05, 3.63) is 0 Å². The summed E-state index contributed by atoms with van der Waals surface area (Å²) in [6.07, 6.45) is -6.76. The summed E-state index contributed by atoms with van der Waals surface area (Å²) in [6, 6.07) is -0.610. The van der Waals surface area contributed by atoms with Crippen LogP contribution in [-0.2, 0) is 10.0 Å². The Morgan fingerprint density at radius 1 is 1.39 bits per heavy atom. The van der Waals surface area contributed by atoms with Crippen LogP contribution in [0, 0.1) is 0 Å². The maximum atomic E-state index is 11.9. The summed E-state index contributed by atoms with van der Waals surface area (Å²) in [6.45, 7) is 0.587. The third-order valence-corrected chi connectivity index (χ3v) is 4.87. The van der Waals surface area contributed by atoms with Crippen molar-refractivity contribution in [2.45, 2.75) is 31.2 Å². The number of rotatable bonds is 5. The molecule has 0 spiro atoms. The SMILES string of the molecule is CN([C@@H]1CNC[C@H]1O)S(=O)(=O)CCCC(F)(F)F. The van der Waals surface area contributed by atoms with Gasteiger partial charge in [0, 0.05) is 26.6 Å². The number of nitrogens with one attached hydrogen (secondary N) is 1. The molecule has 0 aliphatic carbocycles. The van der Waals surface area contributed by atoms with E-state index in [0.717, 1.165) is 4.31 Å². The standard InChI is InChI=1S/C9H17F3N2O3S/c1-14(7-5-13-6-8(7)15)18(16,17)4-2-3-9(10,11)12/h7-8,13,15H,2-6H2,1H3/t7-,8-/m1/s1. The van der Waals surface area contributed by atoms with Gasteiger partial charge in [0.05, 0.1) is 17.9 Å². The molecule has 1 saturated heterocycles. The summed E-state index contributed by atoms with van der Waals surface area (Å²) in [5.41, 5.74) is 0. The monoisotopic (exact) mass is 290 g/mol. The molecule has 0 unspecified atom stereocenters. The molecule has 0 amide bonds. The van der Waals surface area contributed by atoms with Gasteiger partial charge in [0.25, 0.3) is 0 Å². The van der Waals surface area contributed by atoms with E-state index in [1.807, 2.05) is 0 Å². The first-order valence-corrected chi connectivity index (χ1v) is 7.15. The van der Waals surface area contributed by atoms with Crippen LogP contribution in [0.15, 0.2) is 0 Å². The number of nitrogens with zero attached hydrogens (tertiary/aromatic N) is 1. The summed E-state index contributed by atoms with van der Waals surface area (Å²) in [4.78, 5) is 0. The first-order valence-electron chi connectivity index (χ1n) is 5.55. The molecule has 2 N–H and O–H groups in total. The third-order valence-electron chi connectivity index (χ3n) is 2.92. The highest BCUT2D eigenvalue weighted by Gasteiger charge is 2.35. The quantitative estimate of drug-likeness (QED) is 0.743. The van der Waals surface area contributed by atoms with Crippen molar-refractivity contribution in [1.29, 1.82) is 0 Å². The molecule has 0 saturated carbocycles. The van der Waals surface area contributed by atoms with Crippen molar-refractivity contribution in [3.8, 4) is 0 Å². The minimum absolute atomic E-state index is 0.285. The lowest BCUT2D eigenvalue weighted by atomic mass is 10.2. The number of likely N-dealkylation sites (N-methyl/N-ethyl adjacent to an activating group) is 1. The van der Waals surface area contributed by atoms with E-state index in [4.69, 9.17) is 0 Å². The van der Waals surface area contributed by atoms with Crippen LogP contribution in [0.1, 0.15) is 12.8 Å². The van der Waals surface area contributed by atoms with Crippen LogP contribution < -0.4 is 5.32 Å². The van der Waals surface area contributed by atoms with E-state index in [-0.39, 0.29) is 6.54 Å². The average molecular weight is 290 g/mol. The molecule has 0 bridgehead atoms. The van der Waals surface area contributed by atoms with Gasteiger partial charge in [-0.25, -0.2) is 8.42 Å². The summed E-state index contributed by atoms with van der Waals surface area (Å²) in [7, 11) is -2.48. The highest BCUT2D eigenvalue weighted by Crippen LogP contribution is 2.22. The first kappa shape index (κ1) is 15.7. The molecule has 1 aliphatic rings. The van der Waals surface area contributed by atoms with Crippen LogP contribution in [0.2, 0.25) is 0 Å². The van der Waals surface area contributed by atoms with E-state index in [2.05, 4.69) is 5.32 Å². The molecule has 0 aromatic carbocycles. The minimum atomic E-state index is -4.34. The molecule has 0 aromatic rings. The Hall–Kier alpha value is -0.380. The van der Waals surface area contributed by atoms with Crippen molar-refractivity contribution in [2.24, 2.45) is 0 Å². The minimum Gasteiger partial charge on any atom is -0.390 e. The maximum Gasteiger partial charge on any atom is 0.389 e. The fourth-order valence-electron chi connectivity index (χ4n) is 1.83. The van der Waals surface area contributed by atoms with Gasteiger partial charge in [-0.3, -0.25) is 0 Å². The van der Waals surface area contributed by atoms with Crippen molar-refractivity contribution < 1.29 is 26.7 Å². The van der Waals surface area contributed by atoms with Gasteiger partial charge in [0.1, 0.15) is 0 Å². The Morgan fingerprint density at radius 3 is 2.44 bits per heavy atom. The Bertz CT molecular complexity index is 372. The van der Waals surface area contributed by atoms with E-state index in [0.29, 0.717) is 6.54 Å². The highest BCUT2D eigenvalue weighted by atomic mass is 32.2. The van der Waals surface area contributed by atoms with Crippen molar-refractivity contribution in [2.75, 3.05) is 25.9 Å². The number of aliphatic hydroxyl groups excluding tert-OH is 1. The maximum absolute atomic E-state index is 11.9. The fourth-order valence-corrected chi connectivity index (χ4v) is 3.25. The molecule has 1 fully saturated rings. The van der Waals surface area contributed by atoms with E-state index < -0.39 is 46.9 Å². The topological polar surface area (TPSA) is 69.6 Å². The normalized spacial score (nSPS) is 25.9. The van der Waals surface area contributed by atoms with Crippen molar-refractivity contribution in [1.82, 2.24) is 9.62 Å². The average Bonchev–Trinajstić information content (AvgIpc) is 2.60. The number of alkyl halides is 3. The molecule has 9 heteroatoms. The second-order valence-electron chi connectivity index (χ2n) is 4.34. The molecule has 1 rings (SSSR count). The fraction of sp³-hybridized carbons (Fsp3) is 1.00. The zero-order valence-electron chi connectivity index (χ0n) is 9.94. The number of aliphatic hydroxyl groups is 1. The summed E-state index contributed by atoms with van der Waals surface area (Å²) >= 11 is 0. The second-order valence-corrected chi connectivity index (χ2v) is 6.49. The molecule has 108 valence electrons. The number of hydrogen-bond acceptors (Lipinski definition) is 4. The zero-order chi connectivity index (χ0) is 14.0. The van der Waals surface area contributed by atoms with Crippen LogP contribution in [0.4, 0.5) is 13.2 Å². The lowest BCUT2D eigenvalue weighted by Crippen LogP contribution is -2.45. The van der Waals surface area contributed by atoms with Crippen LogP contribution in [-0.4, -0.2) is 62.0 Å². The Morgan fingerprint density at radius 2 is 2.00 bits per heavy atom. The van der Waals surface area contributed by atoms with Crippen molar-refractivity contribution >= 4 is 10.0 Å². The molecule has 1 aliphatic heterocycles. The largest absolute Gasteiger partial charge is 0.390 e. The first-order chi connectivity index (χ1) is 8.13. The Kier molecular flexibility index (Phi) is 4.98. The number of hydrogen-bond donors (Lipinski definition) is 2. The van der Waals surface area contributed by atoms with E-state index in [9.17, 15) is 26.7 Å². The number of sulfonamides is 1. The van der Waals surface area contributed by atoms with Gasteiger partial charge < -0.3 is 10.4 Å². The summed E-state index contributed by atoms with van der Waals surface area (Å²) in [5.74, 6) is -0.563. The van der Waals surface area contributed by atoms with Crippen LogP contribution >= 0.6 is 0 Å². The third kappa shape index (κ3) is 4.38. The molecule has 2 atom stereocenters. The number of halogens is 3. The lowest BCUT2D eigenvalue weighted by Gasteiger charge is -2.25. The molecular weight excluding hydrogens is 273 g/mol. The van der Waals surface area contributed by atoms with Crippen molar-refractivity contribution in [3.63, 3.8) is 0 Å². The van der Waals surface area contributed by atoms with Gasteiger partial charge in [0.15, 0.2) is 0 Å². The molecule has 0 aromatic heterocycles. The molecule has 5 nitrogen and oxygen atoms in total. The van der Waals surface area contributed by atoms with Gasteiger partial charge in [-0.1, -0.05) is 0 Å². The van der Waals surface area contributed by atoms with Crippen LogP contribution in [0.3, 0.4) is 0 Å². The second kappa shape index (κ2) is 5.72. The number of β-amino-alcohol motifs (C(OH)–C–C–N with tert-alkyl or cyclic N) is 1. The van der Waals surface area contributed by atoms with Crippen LogP contribution in [0.25, 0.3) is 0 Å². The van der Waals surface area contributed by atoms with E-state index in [1.54, 1.807) is 0 Å². The summed E-state index contributed by atoms with van der Waals surface area (Å²) < 4.78 is 60.3. The Labute approximate surface area is 104 Å². The molecule has 1 heterocycles. The predicted molar refractivity (Wildman–Crippen MR) is 59.5 cm³/mol. The van der Waals surface area contributed by atoms with Gasteiger partial charge in [-0.05, 0) is 6.42 Å². The van der Waals surface area contributed by atoms with Crippen LogP contribution in [0.5, 0.6) is 0 Å². The zero-order valence-corrected chi connectivity index (χ0v) is 10.8. The molecule has 0 radical (unpaired) electrons. The lowest BCUT2D eigenvalue weighted by molar-refractivity contribution is -0.134. The van der Waals surface area contributed by atoms with E-state index in [1.165, 1.54) is 7.05 Å². The van der Waals surface area contributed by atoms with Gasteiger partial charge in [-0.15, -0.1) is 0 Å². The smallest absolute Gasteiger partial charge is 0.389 e. The van der Waals surface area contributed by atoms with Gasteiger partial charge in [-0.2, -0.15) is 17.5 Å². The van der Waals surface area contributed by atoms with E-state index >= 15 is 0 Å². The Balaban J connectivity index is 2.52. The predicted octanol–water partition coefficient (Wildman–Crippen LogP) is -0.0768. The van der Waals surface area contributed by atoms with Gasteiger partial charge in [0.2, 0.25) is 10.0 Å². The summed E-state index contributed by atoms with van der Waals surface area (Å²) in [5, 5.41) is 12.3. The highest BCUT2D eigenvalue weighted by molar-refractivity contribution is 7.89. The van der Waals surface area contributed by atoms with Gasteiger partial charge >= 0.3 is 6.18 Å². The molecular formula is C9H17F3N2O3S.